The first-order valence-corrected chi connectivity index (χ1v) is 5.83. The van der Waals surface area contributed by atoms with E-state index in [1.807, 2.05) is 0 Å². The maximum atomic E-state index is 11.3. The van der Waals surface area contributed by atoms with Crippen LogP contribution in [-0.4, -0.2) is 43.8 Å². The predicted molar refractivity (Wildman–Crippen MR) is 67.0 cm³/mol. The standard InChI is InChI=1S/C12H18N2O5/c1-8-5-9(19-11(8)12(16)17)6-13-7-10(15)14-3-4-18-2/h5,13H,3-4,6-7H2,1-2H3,(H,14,15)(H,16,17). The zero-order valence-corrected chi connectivity index (χ0v) is 11.0. The summed E-state index contributed by atoms with van der Waals surface area (Å²) < 4.78 is 9.94. The molecule has 0 saturated heterocycles. The van der Waals surface area contributed by atoms with Gasteiger partial charge < -0.3 is 24.9 Å². The van der Waals surface area contributed by atoms with Crippen molar-refractivity contribution in [1.82, 2.24) is 10.6 Å². The van der Waals surface area contributed by atoms with Crippen LogP contribution in [0.2, 0.25) is 0 Å². The van der Waals surface area contributed by atoms with Crippen molar-refractivity contribution >= 4 is 11.9 Å². The molecule has 0 fully saturated rings. The van der Waals surface area contributed by atoms with Crippen molar-refractivity contribution in [2.24, 2.45) is 0 Å². The third-order valence-corrected chi connectivity index (χ3v) is 2.38. The fourth-order valence-corrected chi connectivity index (χ4v) is 1.50. The molecule has 1 heterocycles. The Kier molecular flexibility index (Phi) is 6.04. The van der Waals surface area contributed by atoms with Crippen LogP contribution in [0.3, 0.4) is 0 Å². The van der Waals surface area contributed by atoms with Gasteiger partial charge in [0.2, 0.25) is 11.7 Å². The van der Waals surface area contributed by atoms with E-state index < -0.39 is 5.97 Å². The van der Waals surface area contributed by atoms with Crippen LogP contribution in [0.1, 0.15) is 21.9 Å². The fraction of sp³-hybridized carbons (Fsp3) is 0.500. The molecule has 0 atom stereocenters. The number of hydrogen-bond donors (Lipinski definition) is 3. The van der Waals surface area contributed by atoms with E-state index in [-0.39, 0.29) is 18.2 Å². The molecule has 0 radical (unpaired) electrons. The Morgan fingerprint density at radius 1 is 1.47 bits per heavy atom. The van der Waals surface area contributed by atoms with Crippen LogP contribution < -0.4 is 10.6 Å². The molecule has 1 aromatic heterocycles. The summed E-state index contributed by atoms with van der Waals surface area (Å²) in [6, 6.07) is 1.64. The second-order valence-electron chi connectivity index (χ2n) is 3.98. The molecule has 7 nitrogen and oxygen atoms in total. The van der Waals surface area contributed by atoms with Crippen molar-refractivity contribution in [3.63, 3.8) is 0 Å². The summed E-state index contributed by atoms with van der Waals surface area (Å²) in [6.45, 7) is 3.01. The lowest BCUT2D eigenvalue weighted by molar-refractivity contribution is -0.120. The van der Waals surface area contributed by atoms with Crippen LogP contribution in [0.25, 0.3) is 0 Å². The first-order valence-electron chi connectivity index (χ1n) is 5.83. The van der Waals surface area contributed by atoms with E-state index >= 15 is 0 Å². The van der Waals surface area contributed by atoms with E-state index in [2.05, 4.69) is 10.6 Å². The number of methoxy groups -OCH3 is 1. The van der Waals surface area contributed by atoms with E-state index in [0.717, 1.165) is 0 Å². The Labute approximate surface area is 110 Å². The van der Waals surface area contributed by atoms with Crippen molar-refractivity contribution in [1.29, 1.82) is 0 Å². The molecule has 1 rings (SSSR count). The SMILES string of the molecule is COCCNC(=O)CNCc1cc(C)c(C(=O)O)o1. The smallest absolute Gasteiger partial charge is 0.372 e. The lowest BCUT2D eigenvalue weighted by atomic mass is 10.2. The van der Waals surface area contributed by atoms with Gasteiger partial charge in [0.25, 0.3) is 0 Å². The fourth-order valence-electron chi connectivity index (χ4n) is 1.50. The average Bonchev–Trinajstić information content (AvgIpc) is 2.71. The molecule has 7 heteroatoms. The van der Waals surface area contributed by atoms with Crippen LogP contribution in [0.15, 0.2) is 10.5 Å². The van der Waals surface area contributed by atoms with Crippen molar-refractivity contribution in [2.75, 3.05) is 26.8 Å². The summed E-state index contributed by atoms with van der Waals surface area (Å²) in [5.41, 5.74) is 0.564. The molecule has 0 aliphatic heterocycles. The van der Waals surface area contributed by atoms with Crippen LogP contribution in [0.5, 0.6) is 0 Å². The van der Waals surface area contributed by atoms with Crippen LogP contribution in [0, 0.1) is 6.92 Å². The summed E-state index contributed by atoms with van der Waals surface area (Å²) >= 11 is 0. The van der Waals surface area contributed by atoms with Crippen LogP contribution in [0.4, 0.5) is 0 Å². The highest BCUT2D eigenvalue weighted by Crippen LogP contribution is 2.14. The number of furan rings is 1. The summed E-state index contributed by atoms with van der Waals surface area (Å²) in [5, 5.41) is 14.3. The van der Waals surface area contributed by atoms with Crippen LogP contribution in [-0.2, 0) is 16.1 Å². The van der Waals surface area contributed by atoms with Gasteiger partial charge in [0, 0.05) is 19.2 Å². The van der Waals surface area contributed by atoms with Gasteiger partial charge in [-0.1, -0.05) is 0 Å². The number of aryl methyl sites for hydroxylation is 1. The van der Waals surface area contributed by atoms with Gasteiger partial charge in [-0.2, -0.15) is 0 Å². The number of carboxylic acid groups (broad SMARTS) is 1. The summed E-state index contributed by atoms with van der Waals surface area (Å²) in [4.78, 5) is 22.1. The lowest BCUT2D eigenvalue weighted by Gasteiger charge is -2.04. The van der Waals surface area contributed by atoms with E-state index in [4.69, 9.17) is 14.3 Å². The van der Waals surface area contributed by atoms with Gasteiger partial charge in [-0.15, -0.1) is 0 Å². The Morgan fingerprint density at radius 3 is 2.79 bits per heavy atom. The van der Waals surface area contributed by atoms with E-state index in [9.17, 15) is 9.59 Å². The molecule has 3 N–H and O–H groups in total. The molecule has 0 aliphatic carbocycles. The maximum absolute atomic E-state index is 11.3. The minimum Gasteiger partial charge on any atom is -0.475 e. The number of carboxylic acids is 1. The normalized spacial score (nSPS) is 10.4. The Bertz CT molecular complexity index is 441. The number of amides is 1. The molecule has 0 aromatic carbocycles. The van der Waals surface area contributed by atoms with E-state index in [1.165, 1.54) is 0 Å². The Morgan fingerprint density at radius 2 is 2.21 bits per heavy atom. The molecule has 0 unspecified atom stereocenters. The van der Waals surface area contributed by atoms with Gasteiger partial charge in [0.1, 0.15) is 5.76 Å². The predicted octanol–water partition coefficient (Wildman–Crippen LogP) is 0.138. The molecular weight excluding hydrogens is 252 g/mol. The second-order valence-corrected chi connectivity index (χ2v) is 3.98. The molecule has 106 valence electrons. The highest BCUT2D eigenvalue weighted by atomic mass is 16.5. The summed E-state index contributed by atoms with van der Waals surface area (Å²) in [5.74, 6) is -0.833. The third-order valence-electron chi connectivity index (χ3n) is 2.38. The third kappa shape index (κ3) is 5.11. The first-order chi connectivity index (χ1) is 9.04. The van der Waals surface area contributed by atoms with Gasteiger partial charge >= 0.3 is 5.97 Å². The molecule has 1 amide bonds. The minimum atomic E-state index is -1.10. The number of carbonyl (C=O) groups excluding carboxylic acids is 1. The highest BCUT2D eigenvalue weighted by molar-refractivity contribution is 5.86. The quantitative estimate of drug-likeness (QED) is 0.581. The van der Waals surface area contributed by atoms with Crippen molar-refractivity contribution in [2.45, 2.75) is 13.5 Å². The van der Waals surface area contributed by atoms with E-state index in [0.29, 0.717) is 31.0 Å². The lowest BCUT2D eigenvalue weighted by Crippen LogP contribution is -2.35. The van der Waals surface area contributed by atoms with Crippen molar-refractivity contribution < 1.29 is 23.8 Å². The molecule has 0 bridgehead atoms. The zero-order chi connectivity index (χ0) is 14.3. The average molecular weight is 270 g/mol. The van der Waals surface area contributed by atoms with E-state index in [1.54, 1.807) is 20.1 Å². The van der Waals surface area contributed by atoms with Gasteiger partial charge in [-0.3, -0.25) is 4.79 Å². The largest absolute Gasteiger partial charge is 0.475 e. The highest BCUT2D eigenvalue weighted by Gasteiger charge is 2.14. The zero-order valence-electron chi connectivity index (χ0n) is 11.0. The number of rotatable bonds is 8. The van der Waals surface area contributed by atoms with Crippen molar-refractivity contribution in [3.05, 3.63) is 23.2 Å². The molecule has 0 spiro atoms. The number of nitrogens with one attached hydrogen (secondary N) is 2. The monoisotopic (exact) mass is 270 g/mol. The molecule has 1 aromatic rings. The van der Waals surface area contributed by atoms with Gasteiger partial charge in [-0.25, -0.2) is 4.79 Å². The molecule has 19 heavy (non-hydrogen) atoms. The number of aromatic carboxylic acids is 1. The number of carbonyl (C=O) groups is 2. The number of hydrogen-bond acceptors (Lipinski definition) is 5. The second kappa shape index (κ2) is 7.55. The molecular formula is C12H18N2O5. The molecule has 0 aliphatic rings. The Hall–Kier alpha value is -1.86. The minimum absolute atomic E-state index is 0.0682. The molecule has 0 saturated carbocycles. The summed E-state index contributed by atoms with van der Waals surface area (Å²) in [6.07, 6.45) is 0. The summed E-state index contributed by atoms with van der Waals surface area (Å²) in [7, 11) is 1.56. The van der Waals surface area contributed by atoms with Gasteiger partial charge in [-0.05, 0) is 13.0 Å². The van der Waals surface area contributed by atoms with Gasteiger partial charge in [0.15, 0.2) is 0 Å². The van der Waals surface area contributed by atoms with Crippen molar-refractivity contribution in [3.8, 4) is 0 Å². The maximum Gasteiger partial charge on any atom is 0.372 e. The van der Waals surface area contributed by atoms with Crippen LogP contribution >= 0.6 is 0 Å². The number of ether oxygens (including phenoxy) is 1. The topological polar surface area (TPSA) is 101 Å². The Balaban J connectivity index is 2.31. The van der Waals surface area contributed by atoms with Gasteiger partial charge in [0.05, 0.1) is 19.7 Å². The first kappa shape index (κ1) is 15.2.